The van der Waals surface area contributed by atoms with E-state index < -0.39 is 11.4 Å². The van der Waals surface area contributed by atoms with Gasteiger partial charge in [0.05, 0.1) is 17.0 Å². The number of hydrogen-bond donors (Lipinski definition) is 1. The molecule has 0 spiro atoms. The number of halogens is 1. The quantitative estimate of drug-likeness (QED) is 0.911. The molecule has 0 heterocycles. The van der Waals surface area contributed by atoms with E-state index in [1.165, 1.54) is 0 Å². The second-order valence-electron chi connectivity index (χ2n) is 5.26. The SMILES string of the molecule is COc1c(C)cc(C2(C(=O)O)CCCCC2)cc1Br. The largest absolute Gasteiger partial charge is 0.495 e. The first-order valence-corrected chi connectivity index (χ1v) is 7.38. The normalized spacial score (nSPS) is 18.1. The number of aliphatic carboxylic acids is 1. The number of rotatable bonds is 3. The Bertz CT molecular complexity index is 467. The smallest absolute Gasteiger partial charge is 0.314 e. The Kier molecular flexibility index (Phi) is 4.19. The van der Waals surface area contributed by atoms with Crippen molar-refractivity contribution in [3.63, 3.8) is 0 Å². The van der Waals surface area contributed by atoms with Crippen LogP contribution in [0.1, 0.15) is 43.2 Å². The lowest BCUT2D eigenvalue weighted by Crippen LogP contribution is -2.37. The lowest BCUT2D eigenvalue weighted by Gasteiger charge is -2.34. The molecule has 1 fully saturated rings. The van der Waals surface area contributed by atoms with Crippen LogP contribution in [-0.2, 0) is 10.2 Å². The van der Waals surface area contributed by atoms with Gasteiger partial charge in [-0.25, -0.2) is 0 Å². The van der Waals surface area contributed by atoms with E-state index in [1.807, 2.05) is 19.1 Å². The maximum atomic E-state index is 11.8. The predicted molar refractivity (Wildman–Crippen MR) is 77.8 cm³/mol. The van der Waals surface area contributed by atoms with Crippen LogP contribution in [0.2, 0.25) is 0 Å². The predicted octanol–water partition coefficient (Wildman–Crippen LogP) is 4.05. The molecule has 1 aromatic carbocycles. The molecule has 0 saturated heterocycles. The first-order valence-electron chi connectivity index (χ1n) is 6.59. The van der Waals surface area contributed by atoms with Gasteiger partial charge in [-0.2, -0.15) is 0 Å². The Morgan fingerprint density at radius 1 is 1.32 bits per heavy atom. The molecular weight excluding hydrogens is 308 g/mol. The van der Waals surface area contributed by atoms with Crippen LogP contribution in [-0.4, -0.2) is 18.2 Å². The van der Waals surface area contributed by atoms with Crippen molar-refractivity contribution in [3.05, 3.63) is 27.7 Å². The number of carboxylic acid groups (broad SMARTS) is 1. The van der Waals surface area contributed by atoms with Gasteiger partial charge in [-0.15, -0.1) is 0 Å². The van der Waals surface area contributed by atoms with Crippen molar-refractivity contribution in [2.45, 2.75) is 44.4 Å². The summed E-state index contributed by atoms with van der Waals surface area (Å²) in [6.45, 7) is 1.95. The Balaban J connectivity index is 2.51. The summed E-state index contributed by atoms with van der Waals surface area (Å²) in [5.41, 5.74) is 1.14. The number of carbonyl (C=O) groups is 1. The molecule has 3 nitrogen and oxygen atoms in total. The summed E-state index contributed by atoms with van der Waals surface area (Å²) in [6.07, 6.45) is 4.54. The topological polar surface area (TPSA) is 46.5 Å². The fourth-order valence-electron chi connectivity index (χ4n) is 3.05. The van der Waals surface area contributed by atoms with Crippen molar-refractivity contribution in [2.24, 2.45) is 0 Å². The molecule has 0 unspecified atom stereocenters. The summed E-state index contributed by atoms with van der Waals surface area (Å²) >= 11 is 3.48. The molecule has 0 aliphatic heterocycles. The fourth-order valence-corrected chi connectivity index (χ4v) is 3.77. The van der Waals surface area contributed by atoms with Crippen LogP contribution in [0.5, 0.6) is 5.75 Å². The van der Waals surface area contributed by atoms with Crippen molar-refractivity contribution in [2.75, 3.05) is 7.11 Å². The molecule has 1 aromatic rings. The minimum atomic E-state index is -0.724. The summed E-state index contributed by atoms with van der Waals surface area (Å²) in [6, 6.07) is 3.87. The first kappa shape index (κ1) is 14.4. The van der Waals surface area contributed by atoms with E-state index in [2.05, 4.69) is 15.9 Å². The molecule has 2 rings (SSSR count). The van der Waals surface area contributed by atoms with Crippen LogP contribution >= 0.6 is 15.9 Å². The Hall–Kier alpha value is -1.03. The van der Waals surface area contributed by atoms with Crippen molar-refractivity contribution in [3.8, 4) is 5.75 Å². The highest BCUT2D eigenvalue weighted by Crippen LogP contribution is 2.43. The third kappa shape index (κ3) is 2.50. The third-order valence-corrected chi connectivity index (χ3v) is 4.69. The average molecular weight is 327 g/mol. The monoisotopic (exact) mass is 326 g/mol. The Morgan fingerprint density at radius 2 is 1.95 bits per heavy atom. The number of aryl methyl sites for hydroxylation is 1. The summed E-state index contributed by atoms with van der Waals surface area (Å²) in [4.78, 5) is 11.8. The Morgan fingerprint density at radius 3 is 2.42 bits per heavy atom. The molecule has 1 saturated carbocycles. The third-order valence-electron chi connectivity index (χ3n) is 4.10. The van der Waals surface area contributed by atoms with Gasteiger partial charge in [0.15, 0.2) is 0 Å². The number of ether oxygens (including phenoxy) is 1. The van der Waals surface area contributed by atoms with Gasteiger partial charge in [-0.05, 0) is 52.9 Å². The number of methoxy groups -OCH3 is 1. The van der Waals surface area contributed by atoms with Crippen LogP contribution in [0.25, 0.3) is 0 Å². The van der Waals surface area contributed by atoms with Gasteiger partial charge in [0, 0.05) is 0 Å². The van der Waals surface area contributed by atoms with Crippen molar-refractivity contribution in [1.82, 2.24) is 0 Å². The molecule has 0 bridgehead atoms. The van der Waals surface area contributed by atoms with Gasteiger partial charge in [0.25, 0.3) is 0 Å². The highest BCUT2D eigenvalue weighted by molar-refractivity contribution is 9.10. The Labute approximate surface area is 122 Å². The lowest BCUT2D eigenvalue weighted by molar-refractivity contribution is -0.145. The van der Waals surface area contributed by atoms with Gasteiger partial charge >= 0.3 is 5.97 Å². The fraction of sp³-hybridized carbons (Fsp3) is 0.533. The maximum Gasteiger partial charge on any atom is 0.314 e. The molecule has 4 heteroatoms. The molecule has 0 aromatic heterocycles. The van der Waals surface area contributed by atoms with Gasteiger partial charge < -0.3 is 9.84 Å². The second-order valence-corrected chi connectivity index (χ2v) is 6.11. The van der Waals surface area contributed by atoms with Crippen LogP contribution in [0.3, 0.4) is 0 Å². The summed E-state index contributed by atoms with van der Waals surface area (Å²) < 4.78 is 6.15. The van der Waals surface area contributed by atoms with Gasteiger partial charge in [0.2, 0.25) is 0 Å². The van der Waals surface area contributed by atoms with Crippen molar-refractivity contribution in [1.29, 1.82) is 0 Å². The molecule has 1 N–H and O–H groups in total. The standard InChI is InChI=1S/C15H19BrO3/c1-10-8-11(9-12(16)13(10)19-2)15(14(17)18)6-4-3-5-7-15/h8-9H,3-7H2,1-2H3,(H,17,18). The van der Waals surface area contributed by atoms with Gasteiger partial charge in [-0.3, -0.25) is 4.79 Å². The lowest BCUT2D eigenvalue weighted by atomic mass is 9.69. The minimum absolute atomic E-state index is 0.705. The molecule has 0 atom stereocenters. The zero-order chi connectivity index (χ0) is 14.0. The molecule has 1 aliphatic rings. The first-order chi connectivity index (χ1) is 9.01. The molecule has 19 heavy (non-hydrogen) atoms. The summed E-state index contributed by atoms with van der Waals surface area (Å²) in [5, 5.41) is 9.70. The van der Waals surface area contributed by atoms with Crippen LogP contribution in [0, 0.1) is 6.92 Å². The maximum absolute atomic E-state index is 11.8. The number of benzene rings is 1. The van der Waals surface area contributed by atoms with Crippen molar-refractivity contribution < 1.29 is 14.6 Å². The van der Waals surface area contributed by atoms with E-state index in [-0.39, 0.29) is 0 Å². The molecular formula is C15H19BrO3. The van der Waals surface area contributed by atoms with Crippen LogP contribution in [0.4, 0.5) is 0 Å². The van der Waals surface area contributed by atoms with Crippen LogP contribution < -0.4 is 4.74 Å². The van der Waals surface area contributed by atoms with E-state index in [1.54, 1.807) is 7.11 Å². The molecule has 1 aliphatic carbocycles. The highest BCUT2D eigenvalue weighted by Gasteiger charge is 2.41. The van der Waals surface area contributed by atoms with E-state index in [0.717, 1.165) is 53.5 Å². The molecule has 104 valence electrons. The van der Waals surface area contributed by atoms with E-state index in [4.69, 9.17) is 4.74 Å². The van der Waals surface area contributed by atoms with Crippen LogP contribution in [0.15, 0.2) is 16.6 Å². The van der Waals surface area contributed by atoms with Gasteiger partial charge in [0.1, 0.15) is 5.75 Å². The number of carboxylic acids is 1. The number of hydrogen-bond acceptors (Lipinski definition) is 2. The van der Waals surface area contributed by atoms with E-state index >= 15 is 0 Å². The zero-order valence-corrected chi connectivity index (χ0v) is 12.9. The second kappa shape index (κ2) is 5.53. The minimum Gasteiger partial charge on any atom is -0.495 e. The summed E-state index contributed by atoms with van der Waals surface area (Å²) in [5.74, 6) is 0.0729. The average Bonchev–Trinajstić information content (AvgIpc) is 2.39. The van der Waals surface area contributed by atoms with Crippen molar-refractivity contribution >= 4 is 21.9 Å². The molecule has 0 amide bonds. The molecule has 0 radical (unpaired) electrons. The zero-order valence-electron chi connectivity index (χ0n) is 11.3. The van der Waals surface area contributed by atoms with E-state index in [9.17, 15) is 9.90 Å². The summed E-state index contributed by atoms with van der Waals surface area (Å²) in [7, 11) is 1.63. The van der Waals surface area contributed by atoms with Gasteiger partial charge in [-0.1, -0.05) is 25.3 Å². The highest BCUT2D eigenvalue weighted by atomic mass is 79.9. The van der Waals surface area contributed by atoms with E-state index in [0.29, 0.717) is 0 Å².